The number of benzene rings is 1. The number of Topliss-reactive ketones (excluding diaryl/α,β-unsaturated/α-hetero) is 1. The Morgan fingerprint density at radius 3 is 2.57 bits per heavy atom. The number of alkyl halides is 3. The summed E-state index contributed by atoms with van der Waals surface area (Å²) in [6.07, 6.45) is -3.18. The summed E-state index contributed by atoms with van der Waals surface area (Å²) in [5.41, 5.74) is -0.569. The van der Waals surface area contributed by atoms with E-state index in [0.29, 0.717) is 30.5 Å². The van der Waals surface area contributed by atoms with Crippen LogP contribution in [-0.4, -0.2) is 45.6 Å². The van der Waals surface area contributed by atoms with Crippen LogP contribution in [-0.2, 0) is 11.0 Å². The fraction of sp³-hybridized carbons (Fsp3) is 0.444. The molecule has 3 rings (SSSR count). The van der Waals surface area contributed by atoms with Crippen molar-refractivity contribution in [1.82, 2.24) is 15.1 Å². The average Bonchev–Trinajstić information content (AvgIpc) is 3.10. The maximum atomic E-state index is 12.7. The van der Waals surface area contributed by atoms with E-state index in [9.17, 15) is 22.8 Å². The highest BCUT2D eigenvalue weighted by molar-refractivity contribution is 7.99. The molecular formula is C18H18F3N3O3S. The van der Waals surface area contributed by atoms with Crippen LogP contribution in [0.2, 0.25) is 0 Å². The van der Waals surface area contributed by atoms with Gasteiger partial charge in [-0.1, -0.05) is 23.9 Å². The predicted molar refractivity (Wildman–Crippen MR) is 94.8 cm³/mol. The molecule has 0 bridgehead atoms. The fourth-order valence-electron chi connectivity index (χ4n) is 3.03. The lowest BCUT2D eigenvalue weighted by Crippen LogP contribution is -2.43. The molecule has 6 nitrogen and oxygen atoms in total. The number of carbonyl (C=O) groups excluding carboxylic acids is 2. The molecule has 0 aliphatic carbocycles. The molecule has 0 unspecified atom stereocenters. The molecule has 0 saturated carbocycles. The van der Waals surface area contributed by atoms with Crippen molar-refractivity contribution < 1.29 is 27.2 Å². The number of rotatable bonds is 5. The molecule has 0 N–H and O–H groups in total. The van der Waals surface area contributed by atoms with Crippen molar-refractivity contribution in [1.29, 1.82) is 0 Å². The molecule has 2 heterocycles. The van der Waals surface area contributed by atoms with E-state index in [2.05, 4.69) is 10.2 Å². The number of nitrogens with zero attached hydrogens (tertiary/aromatic N) is 3. The van der Waals surface area contributed by atoms with Crippen molar-refractivity contribution >= 4 is 23.5 Å². The summed E-state index contributed by atoms with van der Waals surface area (Å²) in [5, 5.41) is 7.81. The van der Waals surface area contributed by atoms with Gasteiger partial charge in [0.25, 0.3) is 5.22 Å². The van der Waals surface area contributed by atoms with Gasteiger partial charge in [0.15, 0.2) is 5.78 Å². The smallest absolute Gasteiger partial charge is 0.416 e. The van der Waals surface area contributed by atoms with Crippen molar-refractivity contribution in [2.45, 2.75) is 31.2 Å². The standard InChI is InChI=1S/C18H18F3N3O3S/c1-11-22-23-17(27-11)28-10-15(25)24-8-2-3-13(9-24)16(26)12-4-6-14(7-5-12)18(19,20)21/h4-7,13H,2-3,8-10H2,1H3/t13-/m1/s1. The van der Waals surface area contributed by atoms with E-state index >= 15 is 0 Å². The van der Waals surface area contributed by atoms with Gasteiger partial charge in [-0.2, -0.15) is 13.2 Å². The lowest BCUT2D eigenvalue weighted by molar-refractivity contribution is -0.137. The SMILES string of the molecule is Cc1nnc(SCC(=O)N2CCC[C@@H](C(=O)c3ccc(C(F)(F)F)cc3)C2)o1. The third-order valence-corrected chi connectivity index (χ3v) is 5.27. The van der Waals surface area contributed by atoms with Crippen LogP contribution in [0.15, 0.2) is 33.9 Å². The Morgan fingerprint density at radius 2 is 1.96 bits per heavy atom. The Kier molecular flexibility index (Phi) is 6.07. The Labute approximate surface area is 163 Å². The van der Waals surface area contributed by atoms with Crippen LogP contribution in [0.5, 0.6) is 0 Å². The molecule has 1 aromatic heterocycles. The summed E-state index contributed by atoms with van der Waals surface area (Å²) in [6, 6.07) is 4.20. The van der Waals surface area contributed by atoms with E-state index < -0.39 is 17.7 Å². The summed E-state index contributed by atoms with van der Waals surface area (Å²) >= 11 is 1.13. The molecule has 0 spiro atoms. The minimum atomic E-state index is -4.44. The Balaban J connectivity index is 1.59. The summed E-state index contributed by atoms with van der Waals surface area (Å²) in [5.74, 6) is -0.291. The van der Waals surface area contributed by atoms with E-state index in [-0.39, 0.29) is 29.6 Å². The highest BCUT2D eigenvalue weighted by Gasteiger charge is 2.32. The minimum Gasteiger partial charge on any atom is -0.416 e. The molecule has 1 saturated heterocycles. The van der Waals surface area contributed by atoms with Crippen molar-refractivity contribution in [2.75, 3.05) is 18.8 Å². The first-order valence-electron chi connectivity index (χ1n) is 8.66. The van der Waals surface area contributed by atoms with Crippen LogP contribution in [0, 0.1) is 12.8 Å². The van der Waals surface area contributed by atoms with Gasteiger partial charge in [-0.3, -0.25) is 9.59 Å². The molecule has 1 aromatic carbocycles. The third-order valence-electron chi connectivity index (χ3n) is 4.47. The van der Waals surface area contributed by atoms with Gasteiger partial charge in [0.1, 0.15) is 0 Å². The fourth-order valence-corrected chi connectivity index (χ4v) is 3.74. The number of amides is 1. The topological polar surface area (TPSA) is 76.3 Å². The zero-order valence-corrected chi connectivity index (χ0v) is 15.8. The van der Waals surface area contributed by atoms with Gasteiger partial charge < -0.3 is 9.32 Å². The Morgan fingerprint density at radius 1 is 1.25 bits per heavy atom. The summed E-state index contributed by atoms with van der Waals surface area (Å²) in [4.78, 5) is 26.7. The number of ketones is 1. The van der Waals surface area contributed by atoms with Gasteiger partial charge in [-0.15, -0.1) is 10.2 Å². The largest absolute Gasteiger partial charge is 0.416 e. The Bertz CT molecular complexity index is 852. The molecule has 1 aliphatic rings. The van der Waals surface area contributed by atoms with Crippen LogP contribution < -0.4 is 0 Å². The zero-order chi connectivity index (χ0) is 20.3. The number of hydrogen-bond acceptors (Lipinski definition) is 6. The van der Waals surface area contributed by atoms with Crippen molar-refractivity contribution in [3.63, 3.8) is 0 Å². The van der Waals surface area contributed by atoms with Gasteiger partial charge in [0.2, 0.25) is 11.8 Å². The maximum absolute atomic E-state index is 12.7. The van der Waals surface area contributed by atoms with Gasteiger partial charge in [-0.05, 0) is 25.0 Å². The van der Waals surface area contributed by atoms with Gasteiger partial charge in [-0.25, -0.2) is 0 Å². The van der Waals surface area contributed by atoms with Crippen LogP contribution >= 0.6 is 11.8 Å². The van der Waals surface area contributed by atoms with Gasteiger partial charge in [0.05, 0.1) is 11.3 Å². The number of halogens is 3. The van der Waals surface area contributed by atoms with Crippen molar-refractivity contribution in [3.8, 4) is 0 Å². The molecule has 0 radical (unpaired) electrons. The molecule has 150 valence electrons. The van der Waals surface area contributed by atoms with Crippen LogP contribution in [0.3, 0.4) is 0 Å². The molecule has 10 heteroatoms. The molecular weight excluding hydrogens is 395 g/mol. The number of thioether (sulfide) groups is 1. The second kappa shape index (κ2) is 8.34. The normalized spacial score (nSPS) is 17.6. The maximum Gasteiger partial charge on any atom is 0.416 e. The first-order valence-corrected chi connectivity index (χ1v) is 9.65. The zero-order valence-electron chi connectivity index (χ0n) is 15.0. The van der Waals surface area contributed by atoms with E-state index in [4.69, 9.17) is 4.42 Å². The van der Waals surface area contributed by atoms with Gasteiger partial charge >= 0.3 is 6.18 Å². The second-order valence-electron chi connectivity index (χ2n) is 6.49. The molecule has 2 aromatic rings. The number of likely N-dealkylation sites (tertiary alicyclic amines) is 1. The highest BCUT2D eigenvalue weighted by atomic mass is 32.2. The van der Waals surface area contributed by atoms with Crippen LogP contribution in [0.1, 0.15) is 34.7 Å². The molecule has 1 aliphatic heterocycles. The number of aryl methyl sites for hydroxylation is 1. The van der Waals surface area contributed by atoms with Crippen LogP contribution in [0.4, 0.5) is 13.2 Å². The van der Waals surface area contributed by atoms with E-state index in [1.54, 1.807) is 11.8 Å². The van der Waals surface area contributed by atoms with Gasteiger partial charge in [0, 0.05) is 31.5 Å². The van der Waals surface area contributed by atoms with Crippen molar-refractivity contribution in [3.05, 3.63) is 41.3 Å². The molecule has 1 atom stereocenters. The summed E-state index contributed by atoms with van der Waals surface area (Å²) in [7, 11) is 0. The monoisotopic (exact) mass is 413 g/mol. The first kappa shape index (κ1) is 20.4. The third kappa shape index (κ3) is 4.92. The average molecular weight is 413 g/mol. The minimum absolute atomic E-state index is 0.114. The van der Waals surface area contributed by atoms with E-state index in [1.807, 2.05) is 0 Å². The number of piperidine rings is 1. The Hall–Kier alpha value is -2.36. The highest BCUT2D eigenvalue weighted by Crippen LogP contribution is 2.30. The summed E-state index contributed by atoms with van der Waals surface area (Å²) < 4.78 is 43.2. The van der Waals surface area contributed by atoms with Crippen LogP contribution in [0.25, 0.3) is 0 Å². The van der Waals surface area contributed by atoms with Crippen molar-refractivity contribution in [2.24, 2.45) is 5.92 Å². The van der Waals surface area contributed by atoms with E-state index in [0.717, 1.165) is 23.9 Å². The number of aromatic nitrogens is 2. The first-order chi connectivity index (χ1) is 13.2. The quantitative estimate of drug-likeness (QED) is 0.551. The number of hydrogen-bond donors (Lipinski definition) is 0. The molecule has 28 heavy (non-hydrogen) atoms. The van der Waals surface area contributed by atoms with E-state index in [1.165, 1.54) is 12.1 Å². The predicted octanol–water partition coefficient (Wildman–Crippen LogP) is 3.61. The second-order valence-corrected chi connectivity index (χ2v) is 7.42. The lowest BCUT2D eigenvalue weighted by Gasteiger charge is -2.32. The lowest BCUT2D eigenvalue weighted by atomic mass is 9.89. The number of carbonyl (C=O) groups is 2. The summed E-state index contributed by atoms with van der Waals surface area (Å²) in [6.45, 7) is 2.45. The molecule has 1 fully saturated rings. The molecule has 1 amide bonds.